The number of aromatic nitrogens is 1. The van der Waals surface area contributed by atoms with Crippen molar-refractivity contribution in [1.82, 2.24) is 15.6 Å². The van der Waals surface area contributed by atoms with Crippen LogP contribution in [-0.4, -0.2) is 35.3 Å². The molecule has 23 heavy (non-hydrogen) atoms. The fourth-order valence-corrected chi connectivity index (χ4v) is 2.80. The summed E-state index contributed by atoms with van der Waals surface area (Å²) in [6, 6.07) is 5.92. The lowest BCUT2D eigenvalue weighted by Crippen LogP contribution is -2.44. The molecule has 5 nitrogen and oxygen atoms in total. The Bertz CT molecular complexity index is 649. The number of aliphatic hydroxyl groups excluding tert-OH is 1. The molecule has 1 aromatic carbocycles. The number of nitrogens with one attached hydrogen (secondary N) is 3. The van der Waals surface area contributed by atoms with Gasteiger partial charge in [0.2, 0.25) is 0 Å². The molecule has 0 saturated carbocycles. The van der Waals surface area contributed by atoms with Crippen LogP contribution in [0.4, 0.5) is 4.79 Å². The second kappa shape index (κ2) is 8.02. The van der Waals surface area contributed by atoms with Crippen LogP contribution in [0.2, 0.25) is 0 Å². The average molecular weight is 317 g/mol. The largest absolute Gasteiger partial charge is 0.394 e. The summed E-state index contributed by atoms with van der Waals surface area (Å²) >= 11 is 0. The van der Waals surface area contributed by atoms with E-state index in [9.17, 15) is 9.90 Å². The molecule has 0 spiro atoms. The van der Waals surface area contributed by atoms with E-state index in [0.29, 0.717) is 12.5 Å². The van der Waals surface area contributed by atoms with E-state index in [1.807, 2.05) is 6.20 Å². The lowest BCUT2D eigenvalue weighted by atomic mass is 10.0. The van der Waals surface area contributed by atoms with Crippen molar-refractivity contribution in [3.05, 3.63) is 35.5 Å². The molecule has 0 fully saturated rings. The molecule has 1 unspecified atom stereocenters. The standard InChI is InChI=1S/C18H27N3O2/c1-12(2)8-15(11-22)21-18(23)19-7-6-14-10-20-17-9-13(3)4-5-16(14)17/h4-5,9-10,12,15,20,22H,6-8,11H2,1-3H3,(H2,19,21,23). The van der Waals surface area contributed by atoms with Crippen LogP contribution in [0.3, 0.4) is 0 Å². The predicted octanol–water partition coefficient (Wildman–Crippen LogP) is 2.73. The topological polar surface area (TPSA) is 77.2 Å². The molecular weight excluding hydrogens is 290 g/mol. The predicted molar refractivity (Wildman–Crippen MR) is 93.6 cm³/mol. The van der Waals surface area contributed by atoms with Gasteiger partial charge in [0.05, 0.1) is 12.6 Å². The zero-order chi connectivity index (χ0) is 16.8. The normalized spacial score (nSPS) is 12.6. The highest BCUT2D eigenvalue weighted by Gasteiger charge is 2.12. The van der Waals surface area contributed by atoms with Crippen LogP contribution < -0.4 is 10.6 Å². The fourth-order valence-electron chi connectivity index (χ4n) is 2.80. The molecule has 0 bridgehead atoms. The van der Waals surface area contributed by atoms with Crippen LogP contribution in [0.15, 0.2) is 24.4 Å². The van der Waals surface area contributed by atoms with Crippen molar-refractivity contribution in [2.45, 2.75) is 39.7 Å². The van der Waals surface area contributed by atoms with Crippen molar-refractivity contribution in [3.63, 3.8) is 0 Å². The van der Waals surface area contributed by atoms with E-state index in [2.05, 4.69) is 54.6 Å². The van der Waals surface area contributed by atoms with E-state index in [1.165, 1.54) is 16.5 Å². The SMILES string of the molecule is Cc1ccc2c(CCNC(=O)NC(CO)CC(C)C)c[nH]c2c1. The first-order valence-electron chi connectivity index (χ1n) is 8.21. The maximum absolute atomic E-state index is 11.9. The van der Waals surface area contributed by atoms with Gasteiger partial charge in [-0.2, -0.15) is 0 Å². The van der Waals surface area contributed by atoms with Crippen LogP contribution in [0.25, 0.3) is 10.9 Å². The summed E-state index contributed by atoms with van der Waals surface area (Å²) in [7, 11) is 0. The van der Waals surface area contributed by atoms with E-state index in [1.54, 1.807) is 0 Å². The van der Waals surface area contributed by atoms with E-state index < -0.39 is 0 Å². The number of rotatable bonds is 7. The van der Waals surface area contributed by atoms with Crippen LogP contribution in [0.1, 0.15) is 31.4 Å². The third-order valence-corrected chi connectivity index (χ3v) is 3.91. The first-order chi connectivity index (χ1) is 11.0. The Hall–Kier alpha value is -2.01. The lowest BCUT2D eigenvalue weighted by molar-refractivity contribution is 0.207. The van der Waals surface area contributed by atoms with Gasteiger partial charge in [0.25, 0.3) is 0 Å². The highest BCUT2D eigenvalue weighted by atomic mass is 16.3. The van der Waals surface area contributed by atoms with Gasteiger partial charge in [-0.1, -0.05) is 26.0 Å². The maximum atomic E-state index is 11.9. The number of H-pyrrole nitrogens is 1. The van der Waals surface area contributed by atoms with E-state index in [0.717, 1.165) is 18.4 Å². The molecule has 1 heterocycles. The van der Waals surface area contributed by atoms with Crippen molar-refractivity contribution in [3.8, 4) is 0 Å². The van der Waals surface area contributed by atoms with E-state index >= 15 is 0 Å². The first kappa shape index (κ1) is 17.3. The number of aromatic amines is 1. The molecule has 1 atom stereocenters. The van der Waals surface area contributed by atoms with E-state index in [4.69, 9.17) is 0 Å². The zero-order valence-electron chi connectivity index (χ0n) is 14.1. The van der Waals surface area contributed by atoms with Crippen molar-refractivity contribution in [1.29, 1.82) is 0 Å². The number of hydrogen-bond acceptors (Lipinski definition) is 2. The number of benzene rings is 1. The van der Waals surface area contributed by atoms with Gasteiger partial charge in [0.1, 0.15) is 0 Å². The molecule has 2 amide bonds. The molecule has 0 radical (unpaired) electrons. The van der Waals surface area contributed by atoms with Gasteiger partial charge in [-0.3, -0.25) is 0 Å². The smallest absolute Gasteiger partial charge is 0.315 e. The summed E-state index contributed by atoms with van der Waals surface area (Å²) < 4.78 is 0. The van der Waals surface area contributed by atoms with Crippen LogP contribution >= 0.6 is 0 Å². The van der Waals surface area contributed by atoms with Gasteiger partial charge in [0, 0.05) is 23.6 Å². The highest BCUT2D eigenvalue weighted by Crippen LogP contribution is 2.19. The molecule has 0 aliphatic carbocycles. The maximum Gasteiger partial charge on any atom is 0.315 e. The number of amides is 2. The number of hydrogen-bond donors (Lipinski definition) is 4. The second-order valence-electron chi connectivity index (χ2n) is 6.52. The molecular formula is C18H27N3O2. The van der Waals surface area contributed by atoms with Crippen molar-refractivity contribution in [2.75, 3.05) is 13.2 Å². The number of aliphatic hydroxyl groups is 1. The van der Waals surface area contributed by atoms with Crippen molar-refractivity contribution in [2.24, 2.45) is 5.92 Å². The summed E-state index contributed by atoms with van der Waals surface area (Å²) in [4.78, 5) is 15.2. The van der Waals surface area contributed by atoms with Crippen LogP contribution in [0.5, 0.6) is 0 Å². The Labute approximate surface area is 137 Å². The molecule has 1 aromatic heterocycles. The molecule has 2 rings (SSSR count). The summed E-state index contributed by atoms with van der Waals surface area (Å²) in [5.74, 6) is 0.433. The van der Waals surface area contributed by atoms with Crippen LogP contribution in [0, 0.1) is 12.8 Å². The van der Waals surface area contributed by atoms with Gasteiger partial charge in [-0.15, -0.1) is 0 Å². The Morgan fingerprint density at radius 1 is 1.35 bits per heavy atom. The third kappa shape index (κ3) is 4.99. The molecule has 0 aliphatic heterocycles. The quantitative estimate of drug-likeness (QED) is 0.634. The number of aryl methyl sites for hydroxylation is 1. The molecule has 5 heteroatoms. The molecule has 2 aromatic rings. The van der Waals surface area contributed by atoms with Gasteiger partial charge in [-0.25, -0.2) is 4.79 Å². The number of urea groups is 1. The number of carbonyl (C=O) groups excluding carboxylic acids is 1. The molecule has 126 valence electrons. The van der Waals surface area contributed by atoms with Gasteiger partial charge < -0.3 is 20.7 Å². The molecule has 0 saturated heterocycles. The minimum atomic E-state index is -0.222. The summed E-state index contributed by atoms with van der Waals surface area (Å²) in [6.07, 6.45) is 3.54. The molecule has 0 aliphatic rings. The Morgan fingerprint density at radius 2 is 2.13 bits per heavy atom. The monoisotopic (exact) mass is 317 g/mol. The highest BCUT2D eigenvalue weighted by molar-refractivity contribution is 5.83. The van der Waals surface area contributed by atoms with Crippen molar-refractivity contribution >= 4 is 16.9 Å². The Morgan fingerprint density at radius 3 is 2.83 bits per heavy atom. The third-order valence-electron chi connectivity index (χ3n) is 3.91. The summed E-state index contributed by atoms with van der Waals surface area (Å²) in [5.41, 5.74) is 3.55. The molecule has 4 N–H and O–H groups in total. The number of carbonyl (C=O) groups is 1. The minimum Gasteiger partial charge on any atom is -0.394 e. The van der Waals surface area contributed by atoms with Crippen LogP contribution in [-0.2, 0) is 6.42 Å². The average Bonchev–Trinajstić information content (AvgIpc) is 2.88. The fraction of sp³-hybridized carbons (Fsp3) is 0.500. The summed E-state index contributed by atoms with van der Waals surface area (Å²) in [5, 5.41) is 16.2. The van der Waals surface area contributed by atoms with E-state index in [-0.39, 0.29) is 18.7 Å². The minimum absolute atomic E-state index is 0.0343. The second-order valence-corrected chi connectivity index (χ2v) is 6.52. The first-order valence-corrected chi connectivity index (χ1v) is 8.21. The summed E-state index contributed by atoms with van der Waals surface area (Å²) in [6.45, 7) is 6.74. The van der Waals surface area contributed by atoms with Gasteiger partial charge in [-0.05, 0) is 42.9 Å². The Kier molecular flexibility index (Phi) is 6.04. The Balaban J connectivity index is 1.82. The van der Waals surface area contributed by atoms with Gasteiger partial charge >= 0.3 is 6.03 Å². The zero-order valence-corrected chi connectivity index (χ0v) is 14.1. The van der Waals surface area contributed by atoms with Crippen molar-refractivity contribution < 1.29 is 9.90 Å². The van der Waals surface area contributed by atoms with Gasteiger partial charge in [0.15, 0.2) is 0 Å². The number of fused-ring (bicyclic) bond motifs is 1. The lowest BCUT2D eigenvalue weighted by Gasteiger charge is -2.18.